The largest absolute Gasteiger partial charge is 0.416 e. The summed E-state index contributed by atoms with van der Waals surface area (Å²) in [4.78, 5) is 19.6. The number of nitrogens with zero attached hydrogens (tertiary/aromatic N) is 2. The Hall–Kier alpha value is -2.23. The van der Waals surface area contributed by atoms with E-state index in [4.69, 9.17) is 4.74 Å². The zero-order chi connectivity index (χ0) is 23.6. The summed E-state index contributed by atoms with van der Waals surface area (Å²) in [6.07, 6.45) is 0.806. The molecule has 5 nitrogen and oxygen atoms in total. The first-order valence-corrected chi connectivity index (χ1v) is 12.0. The third-order valence-corrected chi connectivity index (χ3v) is 7.01. The minimum atomic E-state index is -4.42. The number of thiophene rings is 1. The van der Waals surface area contributed by atoms with Crippen LogP contribution in [0.1, 0.15) is 48.3 Å². The fourth-order valence-electron chi connectivity index (χ4n) is 4.23. The van der Waals surface area contributed by atoms with Crippen LogP contribution >= 0.6 is 11.3 Å². The van der Waals surface area contributed by atoms with Crippen molar-refractivity contribution in [2.75, 3.05) is 13.2 Å². The van der Waals surface area contributed by atoms with E-state index in [-0.39, 0.29) is 18.2 Å². The van der Waals surface area contributed by atoms with Crippen LogP contribution in [0.4, 0.5) is 13.2 Å². The number of hydrogen-bond donors (Lipinski definition) is 1. The number of fused-ring (bicyclic) bond motifs is 3. The van der Waals surface area contributed by atoms with Gasteiger partial charge in [-0.15, -0.1) is 11.3 Å². The van der Waals surface area contributed by atoms with Crippen LogP contribution in [0.15, 0.2) is 35.4 Å². The number of ether oxygens (including phenoxy) is 1. The number of hydrogen-bond acceptors (Lipinski definition) is 5. The van der Waals surface area contributed by atoms with Crippen molar-refractivity contribution in [3.05, 3.63) is 62.5 Å². The Morgan fingerprint density at radius 1 is 1.33 bits per heavy atom. The number of aromatic nitrogens is 2. The molecule has 1 N–H and O–H groups in total. The number of rotatable bonds is 8. The Labute approximate surface area is 194 Å². The van der Waals surface area contributed by atoms with E-state index in [0.29, 0.717) is 21.8 Å². The van der Waals surface area contributed by atoms with Gasteiger partial charge in [0.05, 0.1) is 29.9 Å². The Morgan fingerprint density at radius 2 is 2.15 bits per heavy atom. The molecule has 0 spiro atoms. The predicted octanol–water partition coefficient (Wildman–Crippen LogP) is 4.79. The maximum absolute atomic E-state index is 13.2. The first kappa shape index (κ1) is 23.9. The van der Waals surface area contributed by atoms with Gasteiger partial charge >= 0.3 is 6.18 Å². The summed E-state index contributed by atoms with van der Waals surface area (Å²) in [5, 5.41) is 4.21. The van der Waals surface area contributed by atoms with E-state index in [9.17, 15) is 18.0 Å². The monoisotopic (exact) mass is 479 g/mol. The molecule has 1 atom stereocenters. The van der Waals surface area contributed by atoms with Crippen molar-refractivity contribution in [1.82, 2.24) is 14.9 Å². The first-order valence-electron chi connectivity index (χ1n) is 11.2. The van der Waals surface area contributed by atoms with E-state index in [1.807, 2.05) is 13.8 Å². The smallest absolute Gasteiger partial charge is 0.379 e. The predicted molar refractivity (Wildman–Crippen MR) is 124 cm³/mol. The zero-order valence-electron chi connectivity index (χ0n) is 18.7. The molecule has 1 aliphatic rings. The van der Waals surface area contributed by atoms with Gasteiger partial charge in [-0.25, -0.2) is 4.98 Å². The molecular formula is C24H28F3N3O2S. The third kappa shape index (κ3) is 5.65. The number of benzene rings is 1. The van der Waals surface area contributed by atoms with Crippen LogP contribution in [0, 0.1) is 0 Å². The number of alkyl halides is 3. The molecule has 2 aromatic heterocycles. The number of halogens is 3. The fourth-order valence-corrected chi connectivity index (χ4v) is 5.49. The molecule has 33 heavy (non-hydrogen) atoms. The molecule has 4 rings (SSSR count). The zero-order valence-corrected chi connectivity index (χ0v) is 19.6. The van der Waals surface area contributed by atoms with Gasteiger partial charge in [0, 0.05) is 17.5 Å². The summed E-state index contributed by atoms with van der Waals surface area (Å²) in [5.74, 6) is 0. The summed E-state index contributed by atoms with van der Waals surface area (Å²) < 4.78 is 46.1. The second-order valence-electron chi connectivity index (χ2n) is 8.73. The minimum Gasteiger partial charge on any atom is -0.379 e. The highest BCUT2D eigenvalue weighted by molar-refractivity contribution is 7.18. The van der Waals surface area contributed by atoms with E-state index >= 15 is 0 Å². The first-order chi connectivity index (χ1) is 15.7. The average Bonchev–Trinajstić information content (AvgIpc) is 3.13. The Kier molecular flexibility index (Phi) is 7.21. The molecule has 178 valence electrons. The van der Waals surface area contributed by atoms with Crippen molar-refractivity contribution in [2.45, 2.75) is 64.4 Å². The lowest BCUT2D eigenvalue weighted by Gasteiger charge is -2.23. The van der Waals surface area contributed by atoms with Crippen molar-refractivity contribution in [2.24, 2.45) is 0 Å². The maximum Gasteiger partial charge on any atom is 0.416 e. The lowest BCUT2D eigenvalue weighted by atomic mass is 9.93. The second-order valence-corrected chi connectivity index (χ2v) is 9.81. The molecule has 0 amide bonds. The van der Waals surface area contributed by atoms with Gasteiger partial charge in [0.2, 0.25) is 0 Å². The maximum atomic E-state index is 13.2. The lowest BCUT2D eigenvalue weighted by Crippen LogP contribution is -2.35. The molecule has 0 radical (unpaired) electrons. The van der Waals surface area contributed by atoms with Crippen molar-refractivity contribution < 1.29 is 17.9 Å². The Balaban J connectivity index is 1.48. The van der Waals surface area contributed by atoms with Crippen LogP contribution in [-0.2, 0) is 30.3 Å². The van der Waals surface area contributed by atoms with Gasteiger partial charge < -0.3 is 10.1 Å². The number of aryl methyl sites for hydroxylation is 1. The average molecular weight is 480 g/mol. The van der Waals surface area contributed by atoms with Gasteiger partial charge in [-0.05, 0) is 69.3 Å². The molecule has 0 fully saturated rings. The third-order valence-electron chi connectivity index (χ3n) is 5.85. The highest BCUT2D eigenvalue weighted by Crippen LogP contribution is 2.34. The highest BCUT2D eigenvalue weighted by Gasteiger charge is 2.30. The van der Waals surface area contributed by atoms with Crippen molar-refractivity contribution in [1.29, 1.82) is 0 Å². The summed E-state index contributed by atoms with van der Waals surface area (Å²) >= 11 is 1.55. The van der Waals surface area contributed by atoms with E-state index < -0.39 is 11.7 Å². The van der Waals surface area contributed by atoms with Crippen LogP contribution in [0.2, 0.25) is 0 Å². The standard InChI is InChI=1S/C24H28F3N3O2S/c1-15(2)32-10-4-9-28-18-7-8-19-20(12-18)33-22-21(19)23(31)30(14-29-22)13-16-5-3-6-17(11-16)24(25,26)27/h3,5-6,11,14-15,18,28H,4,7-10,12-13H2,1-2H3. The Bertz CT molecular complexity index is 1170. The molecule has 0 saturated carbocycles. The SMILES string of the molecule is CC(C)OCCCNC1CCc2c(sc3ncn(Cc4cccc(C(F)(F)F)c4)c(=O)c23)C1. The van der Waals surface area contributed by atoms with Gasteiger partial charge in [0.15, 0.2) is 0 Å². The summed E-state index contributed by atoms with van der Waals surface area (Å²) in [5.41, 5.74) is 0.562. The van der Waals surface area contributed by atoms with Crippen LogP contribution in [-0.4, -0.2) is 34.8 Å². The lowest BCUT2D eigenvalue weighted by molar-refractivity contribution is -0.137. The molecular weight excluding hydrogens is 451 g/mol. The highest BCUT2D eigenvalue weighted by atomic mass is 32.1. The van der Waals surface area contributed by atoms with Crippen LogP contribution in [0.3, 0.4) is 0 Å². The van der Waals surface area contributed by atoms with Crippen LogP contribution in [0.25, 0.3) is 10.2 Å². The van der Waals surface area contributed by atoms with Gasteiger partial charge in [0.1, 0.15) is 4.83 Å². The molecule has 2 heterocycles. The van der Waals surface area contributed by atoms with Gasteiger partial charge in [0.25, 0.3) is 5.56 Å². The van der Waals surface area contributed by atoms with Crippen molar-refractivity contribution in [3.8, 4) is 0 Å². The van der Waals surface area contributed by atoms with E-state index in [2.05, 4.69) is 10.3 Å². The topological polar surface area (TPSA) is 56.1 Å². The van der Waals surface area contributed by atoms with Gasteiger partial charge in [-0.2, -0.15) is 13.2 Å². The molecule has 0 bridgehead atoms. The van der Waals surface area contributed by atoms with E-state index in [1.165, 1.54) is 21.8 Å². The Morgan fingerprint density at radius 3 is 2.91 bits per heavy atom. The molecule has 9 heteroatoms. The molecule has 0 saturated heterocycles. The molecule has 1 unspecified atom stereocenters. The van der Waals surface area contributed by atoms with Gasteiger partial charge in [-0.1, -0.05) is 12.1 Å². The van der Waals surface area contributed by atoms with E-state index in [1.54, 1.807) is 17.4 Å². The van der Waals surface area contributed by atoms with Crippen LogP contribution < -0.4 is 10.9 Å². The molecule has 0 aliphatic heterocycles. The van der Waals surface area contributed by atoms with Crippen molar-refractivity contribution >= 4 is 21.6 Å². The van der Waals surface area contributed by atoms with Crippen LogP contribution in [0.5, 0.6) is 0 Å². The summed E-state index contributed by atoms with van der Waals surface area (Å²) in [7, 11) is 0. The van der Waals surface area contributed by atoms with Crippen molar-refractivity contribution in [3.63, 3.8) is 0 Å². The van der Waals surface area contributed by atoms with E-state index in [0.717, 1.165) is 56.5 Å². The normalized spacial score (nSPS) is 16.5. The molecule has 1 aromatic carbocycles. The second kappa shape index (κ2) is 9.95. The van der Waals surface area contributed by atoms with Gasteiger partial charge in [-0.3, -0.25) is 9.36 Å². The molecule has 1 aliphatic carbocycles. The summed E-state index contributed by atoms with van der Waals surface area (Å²) in [6, 6.07) is 5.44. The number of nitrogens with one attached hydrogen (secondary N) is 1. The fraction of sp³-hybridized carbons (Fsp3) is 0.500. The minimum absolute atomic E-state index is 0.0545. The molecule has 3 aromatic rings. The quantitative estimate of drug-likeness (QED) is 0.472. The summed E-state index contributed by atoms with van der Waals surface area (Å²) in [6.45, 7) is 5.73.